The van der Waals surface area contributed by atoms with Crippen LogP contribution in [0.4, 0.5) is 0 Å². The van der Waals surface area contributed by atoms with Crippen LogP contribution in [0.25, 0.3) is 0 Å². The Bertz CT molecular complexity index is 396. The van der Waals surface area contributed by atoms with E-state index in [9.17, 15) is 9.59 Å². The summed E-state index contributed by atoms with van der Waals surface area (Å²) >= 11 is 0. The second-order valence-corrected chi connectivity index (χ2v) is 4.68. The van der Waals surface area contributed by atoms with Gasteiger partial charge in [0, 0.05) is 12.2 Å². The number of carbonyl (C=O) groups excluding carboxylic acids is 1. The lowest BCUT2D eigenvalue weighted by molar-refractivity contribution is -0.142. The van der Waals surface area contributed by atoms with E-state index in [0.29, 0.717) is 0 Å². The van der Waals surface area contributed by atoms with Crippen molar-refractivity contribution in [1.29, 1.82) is 5.26 Å². The number of amides is 1. The van der Waals surface area contributed by atoms with Crippen LogP contribution in [-0.4, -0.2) is 29.1 Å². The van der Waals surface area contributed by atoms with E-state index in [4.69, 9.17) is 10.4 Å². The fraction of sp³-hybridized carbons (Fsp3) is 0.615. The monoisotopic (exact) mass is 267 g/mol. The van der Waals surface area contributed by atoms with Crippen molar-refractivity contribution in [3.8, 4) is 6.07 Å². The Balaban J connectivity index is 4.77. The molecule has 0 fully saturated rings. The molecule has 0 aliphatic heterocycles. The topological polar surface area (TPSA) is 102 Å². The van der Waals surface area contributed by atoms with Crippen molar-refractivity contribution >= 4 is 11.9 Å². The highest BCUT2D eigenvalue weighted by Crippen LogP contribution is 2.03. The van der Waals surface area contributed by atoms with E-state index >= 15 is 0 Å². The molecule has 1 amide bonds. The van der Waals surface area contributed by atoms with Crippen molar-refractivity contribution in [1.82, 2.24) is 10.6 Å². The molecule has 0 heterocycles. The molecular formula is C13H21N3O3. The van der Waals surface area contributed by atoms with Gasteiger partial charge in [0.15, 0.2) is 0 Å². The molecule has 2 unspecified atom stereocenters. The number of nitrogens with zero attached hydrogens (tertiary/aromatic N) is 1. The first-order valence-corrected chi connectivity index (χ1v) is 6.23. The summed E-state index contributed by atoms with van der Waals surface area (Å²) in [7, 11) is 0. The van der Waals surface area contributed by atoms with Crippen LogP contribution in [0.3, 0.4) is 0 Å². The van der Waals surface area contributed by atoms with Gasteiger partial charge in [0.2, 0.25) is 0 Å². The summed E-state index contributed by atoms with van der Waals surface area (Å²) in [5.74, 6) is -2.06. The van der Waals surface area contributed by atoms with Gasteiger partial charge in [-0.25, -0.2) is 4.79 Å². The maximum Gasteiger partial charge on any atom is 0.326 e. The lowest BCUT2D eigenvalue weighted by atomic mass is 10.0. The van der Waals surface area contributed by atoms with E-state index in [1.54, 1.807) is 19.9 Å². The van der Waals surface area contributed by atoms with Crippen LogP contribution in [0.1, 0.15) is 34.1 Å². The smallest absolute Gasteiger partial charge is 0.326 e. The van der Waals surface area contributed by atoms with Gasteiger partial charge in [-0.15, -0.1) is 0 Å². The van der Waals surface area contributed by atoms with Crippen LogP contribution < -0.4 is 10.6 Å². The molecule has 6 nitrogen and oxygen atoms in total. The van der Waals surface area contributed by atoms with Crippen molar-refractivity contribution in [3.05, 3.63) is 11.8 Å². The minimum absolute atomic E-state index is 0.132. The van der Waals surface area contributed by atoms with Gasteiger partial charge in [-0.1, -0.05) is 20.8 Å². The molecule has 0 bridgehead atoms. The minimum Gasteiger partial charge on any atom is -0.480 e. The molecule has 19 heavy (non-hydrogen) atoms. The first-order chi connectivity index (χ1) is 8.83. The molecule has 0 aliphatic rings. The number of carboxylic acid groups (broad SMARTS) is 1. The summed E-state index contributed by atoms with van der Waals surface area (Å²) in [4.78, 5) is 22.8. The van der Waals surface area contributed by atoms with Crippen molar-refractivity contribution in [2.75, 3.05) is 0 Å². The van der Waals surface area contributed by atoms with E-state index in [0.717, 1.165) is 6.42 Å². The van der Waals surface area contributed by atoms with Crippen molar-refractivity contribution in [2.24, 2.45) is 5.92 Å². The number of hydrogen-bond donors (Lipinski definition) is 3. The van der Waals surface area contributed by atoms with Crippen LogP contribution >= 0.6 is 0 Å². The molecule has 0 saturated carbocycles. The Kier molecular flexibility index (Phi) is 7.27. The van der Waals surface area contributed by atoms with E-state index in [-0.39, 0.29) is 17.5 Å². The zero-order valence-corrected chi connectivity index (χ0v) is 11.7. The number of nitrogens with one attached hydrogen (secondary N) is 2. The summed E-state index contributed by atoms with van der Waals surface area (Å²) in [6.45, 7) is 7.26. The maximum atomic E-state index is 11.8. The summed E-state index contributed by atoms with van der Waals surface area (Å²) in [5.41, 5.74) is -0.132. The van der Waals surface area contributed by atoms with Crippen LogP contribution in [0, 0.1) is 17.2 Å². The Morgan fingerprint density at radius 3 is 2.32 bits per heavy atom. The van der Waals surface area contributed by atoms with E-state index in [1.165, 1.54) is 6.20 Å². The minimum atomic E-state index is -1.12. The van der Waals surface area contributed by atoms with Gasteiger partial charge in [-0.2, -0.15) is 5.26 Å². The predicted octanol–water partition coefficient (Wildman–Crippen LogP) is 1.01. The maximum absolute atomic E-state index is 11.8. The molecule has 0 radical (unpaired) electrons. The number of rotatable bonds is 7. The normalized spacial score (nSPS) is 14.4. The third-order valence-corrected chi connectivity index (χ3v) is 2.71. The Morgan fingerprint density at radius 1 is 1.37 bits per heavy atom. The second kappa shape index (κ2) is 8.14. The van der Waals surface area contributed by atoms with E-state index in [1.807, 2.05) is 13.8 Å². The second-order valence-electron chi connectivity index (χ2n) is 4.68. The quantitative estimate of drug-likeness (QED) is 0.472. The summed E-state index contributed by atoms with van der Waals surface area (Å²) < 4.78 is 0. The number of nitriles is 1. The zero-order valence-electron chi connectivity index (χ0n) is 11.7. The lowest BCUT2D eigenvalue weighted by Crippen LogP contribution is -2.45. The number of hydrogen-bond acceptors (Lipinski definition) is 4. The fourth-order valence-electron chi connectivity index (χ4n) is 1.22. The summed E-state index contributed by atoms with van der Waals surface area (Å²) in [5, 5.41) is 23.1. The molecule has 106 valence electrons. The SMILES string of the molecule is CCC(C)N/C=C(/C#N)C(=O)NC(C(=O)O)C(C)C. The highest BCUT2D eigenvalue weighted by molar-refractivity contribution is 5.99. The van der Waals surface area contributed by atoms with Gasteiger partial charge in [0.05, 0.1) is 0 Å². The van der Waals surface area contributed by atoms with E-state index in [2.05, 4.69) is 10.6 Å². The Labute approximate surface area is 113 Å². The fourth-order valence-corrected chi connectivity index (χ4v) is 1.22. The number of carbonyl (C=O) groups is 2. The van der Waals surface area contributed by atoms with Gasteiger partial charge >= 0.3 is 5.97 Å². The lowest BCUT2D eigenvalue weighted by Gasteiger charge is -2.17. The largest absolute Gasteiger partial charge is 0.480 e. The standard InChI is InChI=1S/C13H21N3O3/c1-5-9(4)15-7-10(6-14)12(17)16-11(8(2)3)13(18)19/h7-9,11,15H,5H2,1-4H3,(H,16,17)(H,18,19)/b10-7-. The van der Waals surface area contributed by atoms with Gasteiger partial charge in [0.1, 0.15) is 17.7 Å². The Hall–Kier alpha value is -2.03. The first kappa shape index (κ1) is 17.0. The molecule has 0 rings (SSSR count). The highest BCUT2D eigenvalue weighted by atomic mass is 16.4. The number of carboxylic acids is 1. The third-order valence-electron chi connectivity index (χ3n) is 2.71. The predicted molar refractivity (Wildman–Crippen MR) is 71.0 cm³/mol. The molecule has 0 saturated heterocycles. The molecule has 2 atom stereocenters. The van der Waals surface area contributed by atoms with Crippen molar-refractivity contribution < 1.29 is 14.7 Å². The average Bonchev–Trinajstić information content (AvgIpc) is 2.35. The van der Waals surface area contributed by atoms with Gasteiger partial charge < -0.3 is 15.7 Å². The zero-order chi connectivity index (χ0) is 15.0. The highest BCUT2D eigenvalue weighted by Gasteiger charge is 2.24. The van der Waals surface area contributed by atoms with Gasteiger partial charge in [-0.05, 0) is 19.3 Å². The summed E-state index contributed by atoms with van der Waals surface area (Å²) in [6.07, 6.45) is 2.17. The third kappa shape index (κ3) is 5.91. The van der Waals surface area contributed by atoms with Gasteiger partial charge in [0.25, 0.3) is 5.91 Å². The molecule has 0 aliphatic carbocycles. The molecule has 6 heteroatoms. The van der Waals surface area contributed by atoms with Crippen LogP contribution in [0.2, 0.25) is 0 Å². The number of aliphatic carboxylic acids is 1. The van der Waals surface area contributed by atoms with Gasteiger partial charge in [-0.3, -0.25) is 4.79 Å². The average molecular weight is 267 g/mol. The molecular weight excluding hydrogens is 246 g/mol. The first-order valence-electron chi connectivity index (χ1n) is 6.23. The molecule has 0 aromatic heterocycles. The van der Waals surface area contributed by atoms with Crippen LogP contribution in [-0.2, 0) is 9.59 Å². The molecule has 0 aromatic carbocycles. The van der Waals surface area contributed by atoms with Crippen LogP contribution in [0.15, 0.2) is 11.8 Å². The molecule has 0 spiro atoms. The van der Waals surface area contributed by atoms with Crippen molar-refractivity contribution in [2.45, 2.75) is 46.2 Å². The van der Waals surface area contributed by atoms with Crippen LogP contribution in [0.5, 0.6) is 0 Å². The summed E-state index contributed by atoms with van der Waals surface area (Å²) in [6, 6.07) is 0.887. The van der Waals surface area contributed by atoms with E-state index < -0.39 is 17.9 Å². The van der Waals surface area contributed by atoms with Crippen molar-refractivity contribution in [3.63, 3.8) is 0 Å². The Morgan fingerprint density at radius 2 is 1.95 bits per heavy atom. The molecule has 3 N–H and O–H groups in total. The molecule has 0 aromatic rings.